The molecule has 3 aliphatic rings. The fraction of sp³-hybridized carbons (Fsp3) is 0.419. The second-order valence-electron chi connectivity index (χ2n) is 12.7. The number of β-lactam (4-membered cyclic amide) rings is 1. The largest absolute Gasteiger partial charge is 0.504 e. The molecule has 5 rings (SSSR count). The molecule has 52 heavy (non-hydrogen) atoms. The third-order valence-corrected chi connectivity index (χ3v) is 11.7. The molecule has 2 fully saturated rings. The van der Waals surface area contributed by atoms with Crippen molar-refractivity contribution >= 4 is 85.9 Å². The van der Waals surface area contributed by atoms with Crippen molar-refractivity contribution in [1.29, 1.82) is 0 Å². The summed E-state index contributed by atoms with van der Waals surface area (Å²) < 4.78 is -0.261. The third kappa shape index (κ3) is 7.04. The molecule has 1 aromatic heterocycles. The van der Waals surface area contributed by atoms with Crippen LogP contribution in [-0.2, 0) is 28.8 Å². The maximum absolute atomic E-state index is 13.7. The highest BCUT2D eigenvalue weighted by Gasteiger charge is 2.56. The molecule has 4 amide bonds. The number of quaternary nitrogens is 1. The lowest BCUT2D eigenvalue weighted by atomic mass is 10.0. The number of nitrogen functional groups attached to an aromatic ring is 1. The number of aromatic nitrogens is 1. The number of aromatic hydroxyl groups is 2. The van der Waals surface area contributed by atoms with Gasteiger partial charge in [-0.1, -0.05) is 5.16 Å². The van der Waals surface area contributed by atoms with E-state index in [0.717, 1.165) is 22.3 Å². The number of hydrogen-bond acceptors (Lipinski definition) is 14. The third-order valence-electron chi connectivity index (χ3n) is 9.05. The monoisotopic (exact) mass is 824 g/mol. The number of phenols is 2. The number of thiazole rings is 1. The number of rotatable bonds is 13. The number of hydrogen-bond donors (Lipinski definition) is 6. The lowest BCUT2D eigenvalue weighted by Gasteiger charge is -2.50. The van der Waals surface area contributed by atoms with Crippen LogP contribution >= 0.6 is 39.0 Å². The summed E-state index contributed by atoms with van der Waals surface area (Å²) in [5.41, 5.74) is 3.41. The SMILES string of the molecule is CC[N+](C=O)(CC1=C(C(=O)O)N2C(=O)C(NC(=O)/C(=N\OC(C)(C)C(=O)O)c3csc(N)n3)[C@@H]2SC1)[C@@H]1CCCN1C(=O)c1cc(O)c(O)c(Br)c1. The van der Waals surface area contributed by atoms with Gasteiger partial charge in [0.15, 0.2) is 28.5 Å². The lowest BCUT2D eigenvalue weighted by Crippen LogP contribution is -2.71. The predicted octanol–water partition coefficient (Wildman–Crippen LogP) is 1.48. The molecule has 278 valence electrons. The number of halogens is 1. The van der Waals surface area contributed by atoms with Crippen LogP contribution in [0, 0.1) is 0 Å². The van der Waals surface area contributed by atoms with Crippen LogP contribution in [0.5, 0.6) is 11.5 Å². The van der Waals surface area contributed by atoms with Gasteiger partial charge in [0, 0.05) is 35.2 Å². The standard InChI is InChI=1S/C31H34BrN7O11S2/c1-4-39(13-40,19-6-5-7-37(19)25(44)14-8-16(32)23(42)18(41)9-14)10-15-11-51-27-21(26(45)38(27)22(15)28(46)47)35-24(43)20(17-12-52-30(33)34-17)36-50-31(2,3)29(48)49/h8-9,12-13,19,21,27H,4-7,10-11H2,1-3H3,(H6-,33,34,35,36,41,42,43,44,46,47,48,49)/p+1/t19-,21?,27+,39?/m1/s1. The Morgan fingerprint density at radius 3 is 2.54 bits per heavy atom. The van der Waals surface area contributed by atoms with Crippen molar-refractivity contribution in [1.82, 2.24) is 20.1 Å². The average Bonchev–Trinajstić information content (AvgIpc) is 3.77. The van der Waals surface area contributed by atoms with Gasteiger partial charge in [0.05, 0.1) is 11.0 Å². The number of nitrogens with two attached hydrogens (primary N) is 1. The second-order valence-corrected chi connectivity index (χ2v) is 15.5. The molecule has 0 bridgehead atoms. The fourth-order valence-corrected chi connectivity index (χ4v) is 8.51. The molecule has 21 heteroatoms. The minimum Gasteiger partial charge on any atom is -0.504 e. The Hall–Kier alpha value is -4.73. The van der Waals surface area contributed by atoms with Gasteiger partial charge in [-0.15, -0.1) is 23.1 Å². The van der Waals surface area contributed by atoms with Crippen LogP contribution in [0.4, 0.5) is 5.13 Å². The van der Waals surface area contributed by atoms with Crippen LogP contribution in [0.2, 0.25) is 0 Å². The van der Waals surface area contributed by atoms with Crippen molar-refractivity contribution in [2.45, 2.75) is 56.8 Å². The highest BCUT2D eigenvalue weighted by molar-refractivity contribution is 9.10. The topological polar surface area (TPSA) is 262 Å². The minimum atomic E-state index is -1.82. The number of carboxylic acids is 2. The first-order valence-corrected chi connectivity index (χ1v) is 18.5. The van der Waals surface area contributed by atoms with E-state index in [1.165, 1.54) is 42.0 Å². The van der Waals surface area contributed by atoms with E-state index < -0.39 is 70.1 Å². The van der Waals surface area contributed by atoms with Gasteiger partial charge in [-0.2, -0.15) is 0 Å². The van der Waals surface area contributed by atoms with Crippen molar-refractivity contribution in [3.05, 3.63) is 44.5 Å². The number of nitrogens with one attached hydrogen (secondary N) is 1. The van der Waals surface area contributed by atoms with Crippen LogP contribution in [0.1, 0.15) is 49.7 Å². The molecule has 3 aliphatic heterocycles. The number of carbonyl (C=O) groups is 6. The number of anilines is 1. The number of oxime groups is 1. The van der Waals surface area contributed by atoms with Gasteiger partial charge in [-0.3, -0.25) is 24.2 Å². The number of benzene rings is 1. The van der Waals surface area contributed by atoms with E-state index in [0.29, 0.717) is 19.3 Å². The van der Waals surface area contributed by atoms with Crippen LogP contribution in [0.15, 0.2) is 38.4 Å². The molecule has 2 unspecified atom stereocenters. The first-order valence-electron chi connectivity index (χ1n) is 15.7. The maximum atomic E-state index is 13.7. The molecule has 2 saturated heterocycles. The van der Waals surface area contributed by atoms with E-state index in [4.69, 9.17) is 10.6 Å². The molecule has 4 atom stereocenters. The van der Waals surface area contributed by atoms with E-state index >= 15 is 0 Å². The van der Waals surface area contributed by atoms with Gasteiger partial charge in [-0.05, 0) is 55.3 Å². The summed E-state index contributed by atoms with van der Waals surface area (Å²) in [6.45, 7) is 4.47. The number of phenolic OH excluding ortho intramolecular Hbond substituents is 2. The van der Waals surface area contributed by atoms with Crippen LogP contribution < -0.4 is 11.1 Å². The zero-order valence-corrected chi connectivity index (χ0v) is 31.2. The Balaban J connectivity index is 1.39. The number of likely N-dealkylation sites (tertiary alicyclic amines) is 1. The Bertz CT molecular complexity index is 1890. The molecular weight excluding hydrogens is 790 g/mol. The Morgan fingerprint density at radius 2 is 1.96 bits per heavy atom. The second kappa shape index (κ2) is 14.7. The van der Waals surface area contributed by atoms with Gasteiger partial charge in [0.1, 0.15) is 29.4 Å². The number of aliphatic carboxylic acids is 2. The van der Waals surface area contributed by atoms with Crippen molar-refractivity contribution in [2.75, 3.05) is 31.1 Å². The Kier molecular flexibility index (Phi) is 10.9. The molecule has 7 N–H and O–H groups in total. The van der Waals surface area contributed by atoms with Crippen molar-refractivity contribution in [2.24, 2.45) is 5.16 Å². The molecule has 0 saturated carbocycles. The van der Waals surface area contributed by atoms with Crippen LogP contribution in [0.3, 0.4) is 0 Å². The zero-order valence-electron chi connectivity index (χ0n) is 27.9. The predicted molar refractivity (Wildman–Crippen MR) is 189 cm³/mol. The quantitative estimate of drug-likeness (QED) is 0.0418. The van der Waals surface area contributed by atoms with E-state index in [2.05, 4.69) is 31.4 Å². The molecule has 4 heterocycles. The highest BCUT2D eigenvalue weighted by atomic mass is 79.9. The summed E-state index contributed by atoms with van der Waals surface area (Å²) in [4.78, 5) is 89.6. The Labute approximate surface area is 312 Å². The number of thioether (sulfide) groups is 1. The molecule has 1 aromatic carbocycles. The summed E-state index contributed by atoms with van der Waals surface area (Å²) in [7, 11) is 0. The van der Waals surface area contributed by atoms with E-state index in [1.54, 1.807) is 6.92 Å². The zero-order chi connectivity index (χ0) is 38.3. The molecule has 0 spiro atoms. The number of fused-ring (bicyclic) bond motifs is 1. The maximum Gasteiger partial charge on any atom is 0.352 e. The van der Waals surface area contributed by atoms with Crippen LogP contribution in [-0.4, -0.2) is 130 Å². The normalized spacial score (nSPS) is 21.6. The molecular formula is C31H35BrN7O11S2+. The van der Waals surface area contributed by atoms with Gasteiger partial charge in [0.2, 0.25) is 5.60 Å². The van der Waals surface area contributed by atoms with Gasteiger partial charge in [0.25, 0.3) is 17.7 Å². The average molecular weight is 826 g/mol. The van der Waals surface area contributed by atoms with E-state index in [1.807, 2.05) is 0 Å². The summed E-state index contributed by atoms with van der Waals surface area (Å²) >= 11 is 5.27. The molecule has 2 aromatic rings. The van der Waals surface area contributed by atoms with Crippen LogP contribution in [0.25, 0.3) is 0 Å². The molecule has 18 nitrogen and oxygen atoms in total. The van der Waals surface area contributed by atoms with Gasteiger partial charge in [-0.25, -0.2) is 23.9 Å². The first-order chi connectivity index (χ1) is 24.5. The van der Waals surface area contributed by atoms with Crippen molar-refractivity contribution < 1.29 is 58.5 Å². The number of carboxylic acid groups (broad SMARTS) is 2. The van der Waals surface area contributed by atoms with Crippen molar-refractivity contribution in [3.63, 3.8) is 0 Å². The van der Waals surface area contributed by atoms with E-state index in [-0.39, 0.29) is 62.0 Å². The fourth-order valence-electron chi connectivity index (χ4n) is 6.17. The Morgan fingerprint density at radius 1 is 1.25 bits per heavy atom. The van der Waals surface area contributed by atoms with Gasteiger partial charge >= 0.3 is 18.3 Å². The number of nitrogens with zero attached hydrogens (tertiary/aromatic N) is 5. The minimum absolute atomic E-state index is 0.0358. The first kappa shape index (κ1) is 38.5. The number of amides is 4. The lowest BCUT2D eigenvalue weighted by molar-refractivity contribution is -0.874. The highest BCUT2D eigenvalue weighted by Crippen LogP contribution is 2.42. The van der Waals surface area contributed by atoms with Crippen molar-refractivity contribution in [3.8, 4) is 11.5 Å². The summed E-state index contributed by atoms with van der Waals surface area (Å²) in [5.74, 6) is -5.86. The number of carbonyl (C=O) groups excluding carboxylic acids is 4. The van der Waals surface area contributed by atoms with Gasteiger partial charge < -0.3 is 36.3 Å². The summed E-state index contributed by atoms with van der Waals surface area (Å²) in [6.07, 6.45) is 0.915. The summed E-state index contributed by atoms with van der Waals surface area (Å²) in [6, 6.07) is 1.27. The molecule has 0 aliphatic carbocycles. The smallest absolute Gasteiger partial charge is 0.352 e. The summed E-state index contributed by atoms with van der Waals surface area (Å²) in [5, 5.41) is 46.7. The van der Waals surface area contributed by atoms with E-state index in [9.17, 15) is 49.2 Å². The number of likely N-dealkylation sites (N-methyl/N-ethyl adjacent to an activating group) is 1. The molecule has 0 radical (unpaired) electrons.